The maximum absolute atomic E-state index is 11.2. The van der Waals surface area contributed by atoms with Gasteiger partial charge in [-0.25, -0.2) is 4.79 Å². The Kier molecular flexibility index (Phi) is 5.67. The molecule has 1 atom stereocenters. The van der Waals surface area contributed by atoms with E-state index in [1.165, 1.54) is 40.4 Å². The first kappa shape index (κ1) is 23.3. The lowest BCUT2D eigenvalue weighted by Crippen LogP contribution is -2.46. The fourth-order valence-corrected chi connectivity index (χ4v) is 6.30. The predicted molar refractivity (Wildman–Crippen MR) is 142 cm³/mol. The van der Waals surface area contributed by atoms with E-state index in [-0.39, 0.29) is 11.2 Å². The van der Waals surface area contributed by atoms with E-state index < -0.39 is 5.97 Å². The van der Waals surface area contributed by atoms with Crippen molar-refractivity contribution in [1.29, 1.82) is 0 Å². The van der Waals surface area contributed by atoms with Gasteiger partial charge in [-0.3, -0.25) is 4.90 Å². The van der Waals surface area contributed by atoms with Crippen molar-refractivity contribution in [3.05, 3.63) is 70.4 Å². The molecule has 2 aromatic carbocycles. The number of benzene rings is 2. The predicted octanol–water partition coefficient (Wildman–Crippen LogP) is 6.41. The summed E-state index contributed by atoms with van der Waals surface area (Å²) in [4.78, 5) is 23.5. The number of nitrogens with zero attached hydrogens (tertiary/aromatic N) is 2. The molecule has 6 heteroatoms. The van der Waals surface area contributed by atoms with Gasteiger partial charge in [0.2, 0.25) is 0 Å². The van der Waals surface area contributed by atoms with E-state index in [0.29, 0.717) is 12.0 Å². The minimum absolute atomic E-state index is 0.255. The number of aromatic amines is 1. The Labute approximate surface area is 212 Å². The van der Waals surface area contributed by atoms with E-state index in [4.69, 9.17) is 9.94 Å². The molecule has 188 valence electrons. The highest BCUT2D eigenvalue weighted by atomic mass is 16.7. The summed E-state index contributed by atoms with van der Waals surface area (Å²) in [5, 5.41) is 15.0. The fourth-order valence-electron chi connectivity index (χ4n) is 6.30. The number of carboxylic acids is 1. The first-order valence-corrected chi connectivity index (χ1v) is 13.3. The highest BCUT2D eigenvalue weighted by Crippen LogP contribution is 2.45. The lowest BCUT2D eigenvalue weighted by atomic mass is 9.83. The first-order chi connectivity index (χ1) is 17.3. The molecule has 1 spiro atoms. The van der Waals surface area contributed by atoms with Crippen LogP contribution in [0.15, 0.2) is 47.8 Å². The molecule has 36 heavy (non-hydrogen) atoms. The Morgan fingerprint density at radius 1 is 1.17 bits per heavy atom. The zero-order valence-corrected chi connectivity index (χ0v) is 21.4. The summed E-state index contributed by atoms with van der Waals surface area (Å²) in [7, 11) is 0. The maximum atomic E-state index is 11.2. The molecule has 3 heterocycles. The molecule has 0 radical (unpaired) electrons. The number of hydrogen-bond donors (Lipinski definition) is 2. The largest absolute Gasteiger partial charge is 0.478 e. The van der Waals surface area contributed by atoms with Crippen LogP contribution in [0, 0.1) is 12.8 Å². The van der Waals surface area contributed by atoms with Crippen LogP contribution in [-0.2, 0) is 4.84 Å². The summed E-state index contributed by atoms with van der Waals surface area (Å²) in [6.07, 6.45) is 7.53. The third-order valence-electron chi connectivity index (χ3n) is 8.45. The monoisotopic (exact) mass is 485 g/mol. The van der Waals surface area contributed by atoms with Gasteiger partial charge in [-0.1, -0.05) is 37.2 Å². The number of carboxylic acid groups (broad SMARTS) is 1. The molecule has 3 aliphatic rings. The molecular weight excluding hydrogens is 450 g/mol. The van der Waals surface area contributed by atoms with Crippen LogP contribution in [-0.4, -0.2) is 45.4 Å². The lowest BCUT2D eigenvalue weighted by Gasteiger charge is -2.42. The van der Waals surface area contributed by atoms with Crippen molar-refractivity contribution in [2.24, 2.45) is 11.1 Å². The molecule has 2 aliphatic heterocycles. The van der Waals surface area contributed by atoms with Gasteiger partial charge >= 0.3 is 5.97 Å². The van der Waals surface area contributed by atoms with Gasteiger partial charge in [-0.2, -0.15) is 0 Å². The topological polar surface area (TPSA) is 77.9 Å². The minimum atomic E-state index is -0.913. The molecule has 2 fully saturated rings. The summed E-state index contributed by atoms with van der Waals surface area (Å²) < 4.78 is 0. The summed E-state index contributed by atoms with van der Waals surface area (Å²) in [6, 6.07) is 12.1. The number of aromatic nitrogens is 1. The number of likely N-dealkylation sites (tertiary alicyclic amines) is 1. The average Bonchev–Trinajstić information content (AvgIpc) is 3.52. The van der Waals surface area contributed by atoms with Crippen molar-refractivity contribution >= 4 is 22.6 Å². The number of H-pyrrole nitrogens is 1. The van der Waals surface area contributed by atoms with E-state index in [0.717, 1.165) is 49.5 Å². The van der Waals surface area contributed by atoms with Gasteiger partial charge in [0.25, 0.3) is 0 Å². The Morgan fingerprint density at radius 3 is 2.53 bits per heavy atom. The molecule has 1 aliphatic carbocycles. The van der Waals surface area contributed by atoms with E-state index in [1.54, 1.807) is 12.1 Å². The Balaban J connectivity index is 1.19. The SMILES string of the molecule is Cc1cc(C2CC2)cc2c(C(C(C)C)N3CCC4(CC3)CC(c3ccc(C(=O)O)cc3)=NO4)c[nH]c12. The van der Waals surface area contributed by atoms with Crippen molar-refractivity contribution in [3.63, 3.8) is 0 Å². The number of hydrogen-bond acceptors (Lipinski definition) is 4. The van der Waals surface area contributed by atoms with Gasteiger partial charge in [0.1, 0.15) is 5.60 Å². The molecular formula is C30H35N3O3. The maximum Gasteiger partial charge on any atom is 0.335 e. The molecule has 1 saturated heterocycles. The number of aromatic carboxylic acids is 1. The summed E-state index contributed by atoms with van der Waals surface area (Å²) in [5.74, 6) is 0.327. The quantitative estimate of drug-likeness (QED) is 0.423. The van der Waals surface area contributed by atoms with Crippen LogP contribution in [0.3, 0.4) is 0 Å². The smallest absolute Gasteiger partial charge is 0.335 e. The number of carbonyl (C=O) groups is 1. The molecule has 1 saturated carbocycles. The van der Waals surface area contributed by atoms with Crippen molar-refractivity contribution in [1.82, 2.24) is 9.88 Å². The Morgan fingerprint density at radius 2 is 1.89 bits per heavy atom. The van der Waals surface area contributed by atoms with Gasteiger partial charge < -0.3 is 14.9 Å². The zero-order valence-electron chi connectivity index (χ0n) is 21.4. The normalized spacial score (nSPS) is 20.6. The van der Waals surface area contributed by atoms with Crippen LogP contribution in [0.5, 0.6) is 0 Å². The second-order valence-electron chi connectivity index (χ2n) is 11.4. The Bertz CT molecular complexity index is 1330. The Hall–Kier alpha value is -3.12. The standard InChI is InChI=1S/C30H35N3O3/c1-18(2)28(25-17-31-27-19(3)14-23(15-24(25)27)20-4-5-20)33-12-10-30(11-13-33)16-26(32-36-30)21-6-8-22(9-7-21)29(34)35/h6-9,14-15,17-18,20,28,31H,4-5,10-13,16H2,1-3H3,(H,34,35). The molecule has 0 amide bonds. The molecule has 3 aromatic rings. The van der Waals surface area contributed by atoms with Crippen molar-refractivity contribution in [2.45, 2.75) is 70.4 Å². The summed E-state index contributed by atoms with van der Waals surface area (Å²) >= 11 is 0. The van der Waals surface area contributed by atoms with Crippen molar-refractivity contribution in [3.8, 4) is 0 Å². The lowest BCUT2D eigenvalue weighted by molar-refractivity contribution is -0.0710. The number of nitrogens with one attached hydrogen (secondary N) is 1. The third-order valence-corrected chi connectivity index (χ3v) is 8.45. The van der Waals surface area contributed by atoms with Gasteiger partial charge in [0.15, 0.2) is 0 Å². The number of piperidine rings is 1. The zero-order chi connectivity index (χ0) is 25.0. The van der Waals surface area contributed by atoms with Gasteiger partial charge in [0.05, 0.1) is 11.3 Å². The van der Waals surface area contributed by atoms with Crippen LogP contribution in [0.2, 0.25) is 0 Å². The fraction of sp³-hybridized carbons (Fsp3) is 0.467. The van der Waals surface area contributed by atoms with Crippen LogP contribution in [0.4, 0.5) is 0 Å². The van der Waals surface area contributed by atoms with E-state index in [9.17, 15) is 4.79 Å². The van der Waals surface area contributed by atoms with Crippen LogP contribution in [0.25, 0.3) is 10.9 Å². The van der Waals surface area contributed by atoms with Crippen molar-refractivity contribution < 1.29 is 14.7 Å². The highest BCUT2D eigenvalue weighted by Gasteiger charge is 2.44. The van der Waals surface area contributed by atoms with Gasteiger partial charge in [-0.05, 0) is 72.1 Å². The second-order valence-corrected chi connectivity index (χ2v) is 11.4. The van der Waals surface area contributed by atoms with Gasteiger partial charge in [0, 0.05) is 55.5 Å². The van der Waals surface area contributed by atoms with Crippen LogP contribution < -0.4 is 0 Å². The van der Waals surface area contributed by atoms with Crippen LogP contribution >= 0.6 is 0 Å². The number of oxime groups is 1. The molecule has 1 aromatic heterocycles. The van der Waals surface area contributed by atoms with Gasteiger partial charge in [-0.15, -0.1) is 0 Å². The highest BCUT2D eigenvalue weighted by molar-refractivity contribution is 6.02. The van der Waals surface area contributed by atoms with E-state index >= 15 is 0 Å². The molecule has 6 nitrogen and oxygen atoms in total. The summed E-state index contributed by atoms with van der Waals surface area (Å²) in [6.45, 7) is 8.84. The number of aryl methyl sites for hydroxylation is 1. The summed E-state index contributed by atoms with van der Waals surface area (Å²) in [5.41, 5.74) is 7.44. The second kappa shape index (κ2) is 8.77. The molecule has 6 rings (SSSR count). The van der Waals surface area contributed by atoms with Crippen molar-refractivity contribution in [2.75, 3.05) is 13.1 Å². The minimum Gasteiger partial charge on any atom is -0.478 e. The van der Waals surface area contributed by atoms with E-state index in [2.05, 4.69) is 54.1 Å². The molecule has 2 N–H and O–H groups in total. The number of fused-ring (bicyclic) bond motifs is 1. The molecule has 1 unspecified atom stereocenters. The third kappa shape index (κ3) is 4.11. The number of rotatable bonds is 6. The average molecular weight is 486 g/mol. The molecule has 0 bridgehead atoms. The van der Waals surface area contributed by atoms with E-state index in [1.807, 2.05) is 12.1 Å². The van der Waals surface area contributed by atoms with Crippen LogP contribution in [0.1, 0.15) is 90.5 Å². The first-order valence-electron chi connectivity index (χ1n) is 13.3.